The molecule has 124 valence electrons. The number of aromatic nitrogens is 1. The highest BCUT2D eigenvalue weighted by Gasteiger charge is 2.21. The van der Waals surface area contributed by atoms with Gasteiger partial charge >= 0.3 is 0 Å². The molecule has 1 aliphatic rings. The van der Waals surface area contributed by atoms with Crippen molar-refractivity contribution in [2.45, 2.75) is 32.6 Å². The molecule has 2 heterocycles. The van der Waals surface area contributed by atoms with Gasteiger partial charge in [-0.25, -0.2) is 4.98 Å². The number of piperidine rings is 1. The Balaban J connectivity index is 1.41. The molecule has 2 aromatic rings. The molecular formula is C18H25N3OS. The van der Waals surface area contributed by atoms with Gasteiger partial charge in [-0.3, -0.25) is 4.79 Å². The Kier molecular flexibility index (Phi) is 5.62. The Labute approximate surface area is 141 Å². The lowest BCUT2D eigenvalue weighted by atomic mass is 9.85. The number of thiazole rings is 1. The van der Waals surface area contributed by atoms with Crippen LogP contribution in [-0.2, 0) is 11.2 Å². The molecule has 0 bridgehead atoms. The first kappa shape index (κ1) is 16.4. The first-order valence-corrected chi connectivity index (χ1v) is 9.36. The van der Waals surface area contributed by atoms with Crippen molar-refractivity contribution in [3.8, 4) is 0 Å². The van der Waals surface area contributed by atoms with Crippen molar-refractivity contribution in [3.63, 3.8) is 0 Å². The Morgan fingerprint density at radius 3 is 3.13 bits per heavy atom. The van der Waals surface area contributed by atoms with E-state index in [2.05, 4.69) is 28.6 Å². The van der Waals surface area contributed by atoms with Crippen molar-refractivity contribution < 1.29 is 4.79 Å². The zero-order chi connectivity index (χ0) is 16.1. The van der Waals surface area contributed by atoms with Gasteiger partial charge in [0.2, 0.25) is 5.91 Å². The van der Waals surface area contributed by atoms with E-state index < -0.39 is 0 Å². The van der Waals surface area contributed by atoms with Crippen LogP contribution in [0.3, 0.4) is 0 Å². The van der Waals surface area contributed by atoms with Crippen molar-refractivity contribution >= 4 is 27.5 Å². The minimum absolute atomic E-state index is 0.171. The number of nitrogens with zero attached hydrogens (tertiary/aromatic N) is 1. The smallest absolute Gasteiger partial charge is 0.220 e. The minimum atomic E-state index is 0.171. The van der Waals surface area contributed by atoms with Crippen LogP contribution < -0.4 is 10.6 Å². The van der Waals surface area contributed by atoms with Crippen molar-refractivity contribution in [1.82, 2.24) is 15.6 Å². The Morgan fingerprint density at radius 1 is 1.48 bits per heavy atom. The summed E-state index contributed by atoms with van der Waals surface area (Å²) in [4.78, 5) is 16.7. The molecule has 0 radical (unpaired) electrons. The Morgan fingerprint density at radius 2 is 2.35 bits per heavy atom. The second-order valence-electron chi connectivity index (χ2n) is 6.46. The number of nitrogens with one attached hydrogen (secondary N) is 2. The van der Waals surface area contributed by atoms with Crippen LogP contribution in [0.1, 0.15) is 31.2 Å². The molecule has 2 N–H and O–H groups in total. The van der Waals surface area contributed by atoms with Crippen LogP contribution in [0.5, 0.6) is 0 Å². The molecule has 2 atom stereocenters. The lowest BCUT2D eigenvalue weighted by Gasteiger charge is -2.28. The van der Waals surface area contributed by atoms with Crippen LogP contribution in [0.2, 0.25) is 0 Å². The quantitative estimate of drug-likeness (QED) is 0.855. The summed E-state index contributed by atoms with van der Waals surface area (Å²) in [6.45, 7) is 5.05. The highest BCUT2D eigenvalue weighted by atomic mass is 32.1. The molecule has 3 rings (SSSR count). The van der Waals surface area contributed by atoms with E-state index in [0.29, 0.717) is 24.8 Å². The number of rotatable bonds is 6. The lowest BCUT2D eigenvalue weighted by Crippen LogP contribution is -2.36. The predicted octanol–water partition coefficient (Wildman–Crippen LogP) is 2.98. The van der Waals surface area contributed by atoms with E-state index >= 15 is 0 Å². The molecule has 1 fully saturated rings. The maximum atomic E-state index is 12.1. The van der Waals surface area contributed by atoms with Crippen molar-refractivity contribution in [2.24, 2.45) is 11.8 Å². The molecule has 0 aliphatic carbocycles. The van der Waals surface area contributed by atoms with Gasteiger partial charge in [-0.2, -0.15) is 0 Å². The molecule has 2 unspecified atom stereocenters. The number of carbonyl (C=O) groups is 1. The average Bonchev–Trinajstić information content (AvgIpc) is 2.98. The van der Waals surface area contributed by atoms with Crippen LogP contribution in [0.4, 0.5) is 0 Å². The van der Waals surface area contributed by atoms with E-state index in [9.17, 15) is 4.79 Å². The maximum absolute atomic E-state index is 12.1. The fourth-order valence-corrected chi connectivity index (χ4v) is 4.20. The van der Waals surface area contributed by atoms with Crippen LogP contribution in [-0.4, -0.2) is 30.5 Å². The zero-order valence-electron chi connectivity index (χ0n) is 13.7. The fourth-order valence-electron chi connectivity index (χ4n) is 3.23. The van der Waals surface area contributed by atoms with Crippen LogP contribution in [0, 0.1) is 11.8 Å². The molecule has 23 heavy (non-hydrogen) atoms. The molecule has 1 aromatic carbocycles. The predicted molar refractivity (Wildman–Crippen MR) is 95.7 cm³/mol. The molecular weight excluding hydrogens is 306 g/mol. The van der Waals surface area contributed by atoms with Crippen molar-refractivity contribution in [2.75, 3.05) is 19.6 Å². The van der Waals surface area contributed by atoms with Crippen LogP contribution in [0.25, 0.3) is 10.2 Å². The third-order valence-electron chi connectivity index (χ3n) is 4.65. The number of fused-ring (bicyclic) bond motifs is 1. The van der Waals surface area contributed by atoms with Gasteiger partial charge in [-0.15, -0.1) is 11.3 Å². The molecule has 0 spiro atoms. The molecule has 0 saturated carbocycles. The van der Waals surface area contributed by atoms with Gasteiger partial charge in [0.05, 0.1) is 15.2 Å². The molecule has 1 aromatic heterocycles. The lowest BCUT2D eigenvalue weighted by molar-refractivity contribution is -0.122. The summed E-state index contributed by atoms with van der Waals surface area (Å²) in [7, 11) is 0. The highest BCUT2D eigenvalue weighted by molar-refractivity contribution is 7.18. The monoisotopic (exact) mass is 331 g/mol. The second-order valence-corrected chi connectivity index (χ2v) is 7.58. The summed E-state index contributed by atoms with van der Waals surface area (Å²) >= 11 is 1.71. The van der Waals surface area contributed by atoms with Gasteiger partial charge < -0.3 is 10.6 Å². The summed E-state index contributed by atoms with van der Waals surface area (Å²) in [6, 6.07) is 8.17. The third-order valence-corrected chi connectivity index (χ3v) is 5.74. The van der Waals surface area contributed by atoms with Gasteiger partial charge in [0, 0.05) is 19.4 Å². The highest BCUT2D eigenvalue weighted by Crippen LogP contribution is 2.23. The van der Waals surface area contributed by atoms with E-state index in [0.717, 1.165) is 30.0 Å². The molecule has 1 amide bonds. The number of hydrogen-bond donors (Lipinski definition) is 2. The average molecular weight is 331 g/mol. The summed E-state index contributed by atoms with van der Waals surface area (Å²) in [5.41, 5.74) is 1.05. The SMILES string of the molecule is CC(CC(=O)NCCc1nc2ccccc2s1)C1CCCNC1. The maximum Gasteiger partial charge on any atom is 0.220 e. The minimum Gasteiger partial charge on any atom is -0.356 e. The van der Waals surface area contributed by atoms with E-state index in [1.54, 1.807) is 11.3 Å². The van der Waals surface area contributed by atoms with Crippen LogP contribution >= 0.6 is 11.3 Å². The van der Waals surface area contributed by atoms with Gasteiger partial charge in [0.15, 0.2) is 0 Å². The van der Waals surface area contributed by atoms with E-state index in [-0.39, 0.29) is 5.91 Å². The summed E-state index contributed by atoms with van der Waals surface area (Å²) in [5.74, 6) is 1.26. The van der Waals surface area contributed by atoms with Gasteiger partial charge in [-0.1, -0.05) is 19.1 Å². The fraction of sp³-hybridized carbons (Fsp3) is 0.556. The topological polar surface area (TPSA) is 54.0 Å². The largest absolute Gasteiger partial charge is 0.356 e. The summed E-state index contributed by atoms with van der Waals surface area (Å²) < 4.78 is 1.22. The van der Waals surface area contributed by atoms with Gasteiger partial charge in [0.25, 0.3) is 0 Å². The Bertz CT molecular complexity index is 616. The Hall–Kier alpha value is -1.46. The van der Waals surface area contributed by atoms with E-state index in [1.165, 1.54) is 17.5 Å². The first-order chi connectivity index (χ1) is 11.2. The molecule has 5 heteroatoms. The standard InChI is InChI=1S/C18H25N3OS/c1-13(14-5-4-9-19-12-14)11-17(22)20-10-8-18-21-15-6-2-3-7-16(15)23-18/h2-3,6-7,13-14,19H,4-5,8-12H2,1H3,(H,20,22). The van der Waals surface area contributed by atoms with Gasteiger partial charge in [0.1, 0.15) is 0 Å². The molecule has 1 aliphatic heterocycles. The third kappa shape index (κ3) is 4.52. The number of benzene rings is 1. The van der Waals surface area contributed by atoms with E-state index in [1.807, 2.05) is 18.2 Å². The first-order valence-electron chi connectivity index (χ1n) is 8.54. The van der Waals surface area contributed by atoms with Crippen LogP contribution in [0.15, 0.2) is 24.3 Å². The van der Waals surface area contributed by atoms with Crippen molar-refractivity contribution in [3.05, 3.63) is 29.3 Å². The van der Waals surface area contributed by atoms with Crippen molar-refractivity contribution in [1.29, 1.82) is 0 Å². The molecule has 4 nitrogen and oxygen atoms in total. The number of amides is 1. The molecule has 1 saturated heterocycles. The number of para-hydroxylation sites is 1. The summed E-state index contributed by atoms with van der Waals surface area (Å²) in [5, 5.41) is 7.57. The normalized spacial score (nSPS) is 19.6. The number of carbonyl (C=O) groups excluding carboxylic acids is 1. The second kappa shape index (κ2) is 7.88. The zero-order valence-corrected chi connectivity index (χ0v) is 14.5. The van der Waals surface area contributed by atoms with E-state index in [4.69, 9.17) is 0 Å². The van der Waals surface area contributed by atoms with Gasteiger partial charge in [-0.05, 0) is 49.9 Å². The number of hydrogen-bond acceptors (Lipinski definition) is 4. The summed E-state index contributed by atoms with van der Waals surface area (Å²) in [6.07, 6.45) is 3.91.